The van der Waals surface area contributed by atoms with E-state index in [1.807, 2.05) is 20.8 Å². The van der Waals surface area contributed by atoms with Crippen molar-refractivity contribution in [1.82, 2.24) is 10.2 Å². The highest BCUT2D eigenvalue weighted by Gasteiger charge is 2.38. The minimum atomic E-state index is -0.227. The van der Waals surface area contributed by atoms with Crippen LogP contribution in [0.25, 0.3) is 0 Å². The molecule has 3 nitrogen and oxygen atoms in total. The second-order valence-electron chi connectivity index (χ2n) is 6.55. The normalized spacial score (nSPS) is 27.5. The summed E-state index contributed by atoms with van der Waals surface area (Å²) in [5.74, 6) is 1.07. The number of hydrogen-bond acceptors (Lipinski definition) is 2. The van der Waals surface area contributed by atoms with Gasteiger partial charge in [0.1, 0.15) is 0 Å². The van der Waals surface area contributed by atoms with Crippen LogP contribution in [0.15, 0.2) is 0 Å². The number of hydrogen-bond donors (Lipinski definition) is 1. The van der Waals surface area contributed by atoms with Crippen LogP contribution in [-0.4, -0.2) is 36.5 Å². The minimum Gasteiger partial charge on any atom is -0.339 e. The van der Waals surface area contributed by atoms with Crippen LogP contribution < -0.4 is 5.32 Å². The van der Waals surface area contributed by atoms with E-state index < -0.39 is 0 Å². The van der Waals surface area contributed by atoms with Gasteiger partial charge in [0, 0.05) is 18.0 Å². The second-order valence-corrected chi connectivity index (χ2v) is 6.55. The maximum Gasteiger partial charge on any atom is 0.228 e. The Kier molecular flexibility index (Phi) is 3.76. The first-order valence-corrected chi connectivity index (χ1v) is 7.02. The molecule has 0 radical (unpaired) electrons. The van der Waals surface area contributed by atoms with Crippen LogP contribution in [-0.2, 0) is 4.79 Å². The van der Waals surface area contributed by atoms with Gasteiger partial charge in [0.2, 0.25) is 5.91 Å². The Morgan fingerprint density at radius 1 is 1.18 bits per heavy atom. The lowest BCUT2D eigenvalue weighted by atomic mass is 9.87. The number of nitrogens with one attached hydrogen (secondary N) is 1. The Morgan fingerprint density at radius 3 is 2.41 bits per heavy atom. The average Bonchev–Trinajstić information content (AvgIpc) is 2.76. The molecule has 17 heavy (non-hydrogen) atoms. The van der Waals surface area contributed by atoms with Crippen molar-refractivity contribution in [3.05, 3.63) is 0 Å². The van der Waals surface area contributed by atoms with Crippen molar-refractivity contribution in [2.75, 3.05) is 19.6 Å². The van der Waals surface area contributed by atoms with E-state index in [1.165, 1.54) is 25.7 Å². The third-order valence-corrected chi connectivity index (χ3v) is 4.13. The van der Waals surface area contributed by atoms with Crippen molar-refractivity contribution in [2.24, 2.45) is 11.3 Å². The van der Waals surface area contributed by atoms with Gasteiger partial charge in [-0.1, -0.05) is 20.8 Å². The molecule has 0 aromatic carbocycles. The summed E-state index contributed by atoms with van der Waals surface area (Å²) in [6, 6.07) is 0.517. The zero-order valence-corrected chi connectivity index (χ0v) is 11.5. The molecule has 2 rings (SSSR count). The van der Waals surface area contributed by atoms with Crippen LogP contribution in [0.5, 0.6) is 0 Å². The van der Waals surface area contributed by atoms with Crippen LogP contribution >= 0.6 is 0 Å². The zero-order chi connectivity index (χ0) is 12.5. The molecule has 2 fully saturated rings. The smallest absolute Gasteiger partial charge is 0.228 e. The van der Waals surface area contributed by atoms with Gasteiger partial charge in [0.15, 0.2) is 0 Å². The first kappa shape index (κ1) is 12.9. The van der Waals surface area contributed by atoms with E-state index in [0.717, 1.165) is 25.6 Å². The topological polar surface area (TPSA) is 32.3 Å². The van der Waals surface area contributed by atoms with Crippen LogP contribution in [0.1, 0.15) is 46.5 Å². The third-order valence-electron chi connectivity index (χ3n) is 4.13. The number of nitrogens with zero attached hydrogens (tertiary/aromatic N) is 1. The zero-order valence-electron chi connectivity index (χ0n) is 11.5. The van der Waals surface area contributed by atoms with Gasteiger partial charge < -0.3 is 10.2 Å². The lowest BCUT2D eigenvalue weighted by molar-refractivity contribution is -0.141. The Hall–Kier alpha value is -0.570. The van der Waals surface area contributed by atoms with E-state index in [1.54, 1.807) is 0 Å². The molecule has 98 valence electrons. The number of amides is 1. The van der Waals surface area contributed by atoms with Gasteiger partial charge in [-0.3, -0.25) is 4.79 Å². The van der Waals surface area contributed by atoms with Gasteiger partial charge in [0.25, 0.3) is 0 Å². The molecule has 0 saturated carbocycles. The fourth-order valence-corrected chi connectivity index (χ4v) is 3.19. The molecule has 1 amide bonds. The molecule has 2 aliphatic heterocycles. The van der Waals surface area contributed by atoms with E-state index >= 15 is 0 Å². The molecule has 2 aliphatic rings. The van der Waals surface area contributed by atoms with Gasteiger partial charge in [-0.2, -0.15) is 0 Å². The summed E-state index contributed by atoms with van der Waals surface area (Å²) in [4.78, 5) is 14.6. The summed E-state index contributed by atoms with van der Waals surface area (Å²) in [5.41, 5.74) is -0.227. The second kappa shape index (κ2) is 4.97. The SMILES string of the molecule is CC(C)(C)C(=O)N1CCCC1C1CCNCC1. The summed E-state index contributed by atoms with van der Waals surface area (Å²) in [7, 11) is 0. The molecule has 2 heterocycles. The predicted molar refractivity (Wildman–Crippen MR) is 69.8 cm³/mol. The van der Waals surface area contributed by atoms with Crippen LogP contribution in [0.2, 0.25) is 0 Å². The maximum absolute atomic E-state index is 12.4. The Balaban J connectivity index is 2.04. The Bertz CT molecular complexity index is 276. The number of piperidine rings is 1. The monoisotopic (exact) mass is 238 g/mol. The number of likely N-dealkylation sites (tertiary alicyclic amines) is 1. The van der Waals surface area contributed by atoms with Gasteiger partial charge in [-0.05, 0) is 44.7 Å². The molecule has 1 atom stereocenters. The lowest BCUT2D eigenvalue weighted by Crippen LogP contribution is -2.47. The number of carbonyl (C=O) groups excluding carboxylic acids is 1. The molecule has 3 heteroatoms. The first-order chi connectivity index (χ1) is 8.00. The molecule has 0 aliphatic carbocycles. The van der Waals surface area contributed by atoms with Gasteiger partial charge >= 0.3 is 0 Å². The van der Waals surface area contributed by atoms with Crippen LogP contribution in [0.4, 0.5) is 0 Å². The summed E-state index contributed by atoms with van der Waals surface area (Å²) in [5, 5.41) is 3.41. The molecule has 0 aromatic rings. The molecule has 0 bridgehead atoms. The van der Waals surface area contributed by atoms with E-state index in [4.69, 9.17) is 0 Å². The summed E-state index contributed by atoms with van der Waals surface area (Å²) >= 11 is 0. The third kappa shape index (κ3) is 2.82. The summed E-state index contributed by atoms with van der Waals surface area (Å²) in [6.45, 7) is 9.33. The fraction of sp³-hybridized carbons (Fsp3) is 0.929. The summed E-state index contributed by atoms with van der Waals surface area (Å²) in [6.07, 6.45) is 4.88. The van der Waals surface area contributed by atoms with E-state index in [9.17, 15) is 4.79 Å². The highest BCUT2D eigenvalue weighted by molar-refractivity contribution is 5.82. The standard InChI is InChI=1S/C14H26N2O/c1-14(2,3)13(17)16-10-4-5-12(16)11-6-8-15-9-7-11/h11-12,15H,4-10H2,1-3H3. The quantitative estimate of drug-likeness (QED) is 0.758. The molecule has 0 aromatic heterocycles. The van der Waals surface area contributed by atoms with Crippen molar-refractivity contribution >= 4 is 5.91 Å². The molecule has 0 spiro atoms. The van der Waals surface area contributed by atoms with Crippen molar-refractivity contribution in [3.8, 4) is 0 Å². The van der Waals surface area contributed by atoms with Crippen molar-refractivity contribution < 1.29 is 4.79 Å². The molecular formula is C14H26N2O. The Labute approximate surface area is 105 Å². The maximum atomic E-state index is 12.4. The van der Waals surface area contributed by atoms with E-state index in [-0.39, 0.29) is 5.41 Å². The summed E-state index contributed by atoms with van der Waals surface area (Å²) < 4.78 is 0. The minimum absolute atomic E-state index is 0.227. The first-order valence-electron chi connectivity index (χ1n) is 7.02. The van der Waals surface area contributed by atoms with Gasteiger partial charge in [0.05, 0.1) is 0 Å². The number of rotatable bonds is 1. The van der Waals surface area contributed by atoms with Crippen molar-refractivity contribution in [3.63, 3.8) is 0 Å². The largest absolute Gasteiger partial charge is 0.339 e. The van der Waals surface area contributed by atoms with Gasteiger partial charge in [-0.15, -0.1) is 0 Å². The highest BCUT2D eigenvalue weighted by atomic mass is 16.2. The molecule has 2 saturated heterocycles. The molecule has 1 unspecified atom stereocenters. The van der Waals surface area contributed by atoms with Crippen LogP contribution in [0, 0.1) is 11.3 Å². The average molecular weight is 238 g/mol. The van der Waals surface area contributed by atoms with Gasteiger partial charge in [-0.25, -0.2) is 0 Å². The highest BCUT2D eigenvalue weighted by Crippen LogP contribution is 2.32. The van der Waals surface area contributed by atoms with E-state index in [0.29, 0.717) is 11.9 Å². The van der Waals surface area contributed by atoms with Crippen molar-refractivity contribution in [1.29, 1.82) is 0 Å². The lowest BCUT2D eigenvalue weighted by Gasteiger charge is -2.37. The number of carbonyl (C=O) groups is 1. The molecular weight excluding hydrogens is 212 g/mol. The predicted octanol–water partition coefficient (Wildman–Crippen LogP) is 2.02. The van der Waals surface area contributed by atoms with Crippen LogP contribution in [0.3, 0.4) is 0 Å². The Morgan fingerprint density at radius 2 is 1.82 bits per heavy atom. The van der Waals surface area contributed by atoms with E-state index in [2.05, 4.69) is 10.2 Å². The van der Waals surface area contributed by atoms with Crippen molar-refractivity contribution in [2.45, 2.75) is 52.5 Å². The fourth-order valence-electron chi connectivity index (χ4n) is 3.19. The molecule has 1 N–H and O–H groups in total.